The number of carbonyl (C=O) groups excluding carboxylic acids is 1. The van der Waals surface area contributed by atoms with Crippen LogP contribution in [-0.4, -0.2) is 64.1 Å². The van der Waals surface area contributed by atoms with Crippen LogP contribution in [0.3, 0.4) is 0 Å². The maximum Gasteiger partial charge on any atom is 0.326 e. The van der Waals surface area contributed by atoms with Crippen LogP contribution in [0.1, 0.15) is 20.3 Å². The molecule has 5 nitrogen and oxygen atoms in total. The quantitative estimate of drug-likeness (QED) is 0.832. The lowest BCUT2D eigenvalue weighted by Gasteiger charge is -2.35. The monoisotopic (exact) mass is 260 g/mol. The number of carboxylic acid groups (broad SMARTS) is 1. The van der Waals surface area contributed by atoms with E-state index in [0.717, 1.165) is 18.7 Å². The van der Waals surface area contributed by atoms with Gasteiger partial charge in [-0.1, -0.05) is 6.92 Å². The molecule has 0 aromatic heterocycles. The molecule has 1 rings (SSSR count). The predicted molar refractivity (Wildman–Crippen MR) is 68.4 cm³/mol. The van der Waals surface area contributed by atoms with Crippen molar-refractivity contribution in [1.29, 1.82) is 0 Å². The summed E-state index contributed by atoms with van der Waals surface area (Å²) < 4.78 is 0. The molecule has 6 heteroatoms. The van der Waals surface area contributed by atoms with Crippen molar-refractivity contribution in [3.05, 3.63) is 0 Å². The van der Waals surface area contributed by atoms with Crippen LogP contribution >= 0.6 is 11.8 Å². The topological polar surface area (TPSA) is 60.9 Å². The molecule has 1 fully saturated rings. The van der Waals surface area contributed by atoms with Gasteiger partial charge in [-0.2, -0.15) is 11.8 Å². The zero-order chi connectivity index (χ0) is 13.0. The van der Waals surface area contributed by atoms with Gasteiger partial charge in [0.1, 0.15) is 6.04 Å². The van der Waals surface area contributed by atoms with Crippen molar-refractivity contribution < 1.29 is 14.7 Å². The minimum atomic E-state index is -0.973. The first kappa shape index (κ1) is 14.2. The van der Waals surface area contributed by atoms with Crippen LogP contribution in [0.5, 0.6) is 0 Å². The number of hydrogen-bond acceptors (Lipinski definition) is 3. The summed E-state index contributed by atoms with van der Waals surface area (Å²) in [5.41, 5.74) is 0. The maximum absolute atomic E-state index is 12.1. The predicted octanol–water partition coefficient (Wildman–Crippen LogP) is 1.34. The first-order chi connectivity index (χ1) is 7.97. The van der Waals surface area contributed by atoms with Gasteiger partial charge in [-0.15, -0.1) is 0 Å². The van der Waals surface area contributed by atoms with Crippen molar-refractivity contribution in [3.63, 3.8) is 0 Å². The van der Waals surface area contributed by atoms with Gasteiger partial charge in [0, 0.05) is 31.1 Å². The molecular weight excluding hydrogens is 240 g/mol. The third-order valence-corrected chi connectivity index (χ3v) is 4.48. The van der Waals surface area contributed by atoms with E-state index in [9.17, 15) is 9.59 Å². The first-order valence-electron chi connectivity index (χ1n) is 5.83. The average Bonchev–Trinajstić information content (AvgIpc) is 2.36. The van der Waals surface area contributed by atoms with Crippen LogP contribution < -0.4 is 0 Å². The molecule has 0 aromatic carbocycles. The summed E-state index contributed by atoms with van der Waals surface area (Å²) in [6, 6.07) is -0.962. The lowest BCUT2D eigenvalue weighted by Crippen LogP contribution is -2.51. The summed E-state index contributed by atoms with van der Waals surface area (Å²) in [6.45, 7) is 5.05. The van der Waals surface area contributed by atoms with Gasteiger partial charge < -0.3 is 14.9 Å². The van der Waals surface area contributed by atoms with Crippen LogP contribution in [0.15, 0.2) is 0 Å². The normalized spacial score (nSPS) is 22.1. The second-order valence-electron chi connectivity index (χ2n) is 4.25. The van der Waals surface area contributed by atoms with Crippen molar-refractivity contribution in [2.24, 2.45) is 0 Å². The molecule has 1 aliphatic rings. The highest BCUT2D eigenvalue weighted by Crippen LogP contribution is 2.22. The van der Waals surface area contributed by atoms with Gasteiger partial charge in [0.2, 0.25) is 0 Å². The molecule has 1 aliphatic heterocycles. The number of rotatable bonds is 3. The summed E-state index contributed by atoms with van der Waals surface area (Å²) in [5.74, 6) is -0.0428. The van der Waals surface area contributed by atoms with E-state index in [4.69, 9.17) is 5.11 Å². The summed E-state index contributed by atoms with van der Waals surface area (Å²) >= 11 is 1.88. The molecular formula is C11H20N2O3S. The smallest absolute Gasteiger partial charge is 0.326 e. The third-order valence-electron chi connectivity index (χ3n) is 3.10. The highest BCUT2D eigenvalue weighted by Gasteiger charge is 2.29. The Bertz CT molecular complexity index is 298. The third kappa shape index (κ3) is 3.52. The Morgan fingerprint density at radius 2 is 2.24 bits per heavy atom. The molecule has 17 heavy (non-hydrogen) atoms. The molecule has 0 saturated carbocycles. The molecule has 0 radical (unpaired) electrons. The molecule has 0 aliphatic carbocycles. The Balaban J connectivity index is 2.59. The van der Waals surface area contributed by atoms with Crippen LogP contribution in [0, 0.1) is 0 Å². The average molecular weight is 260 g/mol. The molecule has 0 spiro atoms. The number of carbonyl (C=O) groups is 2. The summed E-state index contributed by atoms with van der Waals surface area (Å²) in [5, 5.41) is 9.35. The molecule has 1 N–H and O–H groups in total. The zero-order valence-electron chi connectivity index (χ0n) is 10.5. The van der Waals surface area contributed by atoms with E-state index in [1.165, 1.54) is 11.8 Å². The van der Waals surface area contributed by atoms with Gasteiger partial charge in [0.25, 0.3) is 0 Å². The Morgan fingerprint density at radius 3 is 2.76 bits per heavy atom. The Morgan fingerprint density at radius 1 is 1.59 bits per heavy atom. The highest BCUT2D eigenvalue weighted by atomic mass is 32.2. The molecule has 1 heterocycles. The largest absolute Gasteiger partial charge is 0.480 e. The van der Waals surface area contributed by atoms with Gasteiger partial charge in [-0.05, 0) is 13.3 Å². The Labute approximate surface area is 106 Å². The van der Waals surface area contributed by atoms with E-state index in [-0.39, 0.29) is 6.03 Å². The van der Waals surface area contributed by atoms with Gasteiger partial charge in [0.15, 0.2) is 0 Å². The molecule has 0 bridgehead atoms. The van der Waals surface area contributed by atoms with E-state index in [0.29, 0.717) is 11.8 Å². The van der Waals surface area contributed by atoms with Gasteiger partial charge >= 0.3 is 12.0 Å². The van der Waals surface area contributed by atoms with Crippen molar-refractivity contribution in [3.8, 4) is 0 Å². The number of likely N-dealkylation sites (N-methyl/N-ethyl adjacent to an activating group) is 1. The first-order valence-corrected chi connectivity index (χ1v) is 6.88. The second-order valence-corrected chi connectivity index (χ2v) is 5.66. The van der Waals surface area contributed by atoms with Crippen molar-refractivity contribution in [1.82, 2.24) is 9.80 Å². The lowest BCUT2D eigenvalue weighted by atomic mass is 10.3. The summed E-state index contributed by atoms with van der Waals surface area (Å²) in [6.07, 6.45) is 1.03. The van der Waals surface area contributed by atoms with Gasteiger partial charge in [-0.25, -0.2) is 9.59 Å². The Hall–Kier alpha value is -0.910. The number of amides is 2. The maximum atomic E-state index is 12.1. The molecule has 2 unspecified atom stereocenters. The Kier molecular flexibility index (Phi) is 5.11. The molecule has 1 saturated heterocycles. The fourth-order valence-corrected chi connectivity index (χ4v) is 2.87. The minimum absolute atomic E-state index is 0.182. The summed E-state index contributed by atoms with van der Waals surface area (Å²) in [4.78, 5) is 26.0. The minimum Gasteiger partial charge on any atom is -0.480 e. The second kappa shape index (κ2) is 6.14. The van der Waals surface area contributed by atoms with E-state index < -0.39 is 12.0 Å². The van der Waals surface area contributed by atoms with E-state index in [1.54, 1.807) is 11.9 Å². The van der Waals surface area contributed by atoms with Gasteiger partial charge in [0.05, 0.1) is 0 Å². The SMILES string of the molecule is CCC1CN(C(=O)N(C)C(C)C(=O)O)CCS1. The van der Waals surface area contributed by atoms with E-state index in [1.807, 2.05) is 11.8 Å². The van der Waals surface area contributed by atoms with Crippen molar-refractivity contribution >= 4 is 23.8 Å². The number of aliphatic carboxylic acids is 1. The fourth-order valence-electron chi connectivity index (χ4n) is 1.69. The zero-order valence-corrected chi connectivity index (χ0v) is 11.4. The van der Waals surface area contributed by atoms with Gasteiger partial charge in [-0.3, -0.25) is 0 Å². The lowest BCUT2D eigenvalue weighted by molar-refractivity contribution is -0.141. The fraction of sp³-hybridized carbons (Fsp3) is 0.818. The van der Waals surface area contributed by atoms with Crippen molar-refractivity contribution in [2.45, 2.75) is 31.6 Å². The van der Waals surface area contributed by atoms with Crippen LogP contribution in [0.4, 0.5) is 4.79 Å². The number of thioether (sulfide) groups is 1. The number of hydrogen-bond donors (Lipinski definition) is 1. The van der Waals surface area contributed by atoms with E-state index >= 15 is 0 Å². The highest BCUT2D eigenvalue weighted by molar-refractivity contribution is 8.00. The number of nitrogens with zero attached hydrogens (tertiary/aromatic N) is 2. The van der Waals surface area contributed by atoms with Crippen molar-refractivity contribution in [2.75, 3.05) is 25.9 Å². The van der Waals surface area contributed by atoms with Crippen LogP contribution in [0.25, 0.3) is 0 Å². The van der Waals surface area contributed by atoms with Crippen LogP contribution in [0.2, 0.25) is 0 Å². The number of carboxylic acids is 1. The van der Waals surface area contributed by atoms with Crippen LogP contribution in [-0.2, 0) is 4.79 Å². The standard InChI is InChI=1S/C11H20N2O3S/c1-4-9-7-13(5-6-17-9)11(16)12(3)8(2)10(14)15/h8-9H,4-7H2,1-3H3,(H,14,15). The van der Waals surface area contributed by atoms with E-state index in [2.05, 4.69) is 6.92 Å². The molecule has 98 valence electrons. The molecule has 2 atom stereocenters. The number of urea groups is 1. The molecule has 0 aromatic rings. The molecule has 2 amide bonds. The summed E-state index contributed by atoms with van der Waals surface area (Å²) in [7, 11) is 1.55.